The van der Waals surface area contributed by atoms with Crippen molar-refractivity contribution < 1.29 is 14.5 Å². The van der Waals surface area contributed by atoms with Crippen LogP contribution in [0.5, 0.6) is 5.75 Å². The second-order valence-corrected chi connectivity index (χ2v) is 3.64. The highest BCUT2D eigenvalue weighted by Crippen LogP contribution is 2.39. The molecule has 0 radical (unpaired) electrons. The first-order valence-electron chi connectivity index (χ1n) is 4.72. The number of nitrogens with one attached hydrogen (secondary N) is 1. The van der Waals surface area contributed by atoms with E-state index in [1.165, 1.54) is 0 Å². The average molecular weight is 222 g/mol. The first kappa shape index (κ1) is 10.4. The van der Waals surface area contributed by atoms with Crippen LogP contribution in [0.2, 0.25) is 0 Å². The summed E-state index contributed by atoms with van der Waals surface area (Å²) < 4.78 is 5.20. The SMILES string of the molecule is Cc1cc2c(c(C)c1[N+](=O)[O-])OCC(=O)N2. The van der Waals surface area contributed by atoms with Crippen LogP contribution in [0.4, 0.5) is 11.4 Å². The topological polar surface area (TPSA) is 81.5 Å². The Morgan fingerprint density at radius 2 is 2.19 bits per heavy atom. The standard InChI is InChI=1S/C10H10N2O4/c1-5-3-7-10(16-4-8(13)11-7)6(2)9(5)12(14)15/h3H,4H2,1-2H3,(H,11,13). The van der Waals surface area contributed by atoms with Crippen molar-refractivity contribution in [3.63, 3.8) is 0 Å². The van der Waals surface area contributed by atoms with Crippen molar-refractivity contribution >= 4 is 17.3 Å². The van der Waals surface area contributed by atoms with Crippen LogP contribution < -0.4 is 10.1 Å². The molecule has 1 aliphatic heterocycles. The molecule has 0 unspecified atom stereocenters. The van der Waals surface area contributed by atoms with E-state index in [-0.39, 0.29) is 18.2 Å². The minimum atomic E-state index is -0.440. The molecule has 0 fully saturated rings. The molecule has 1 aliphatic rings. The van der Waals surface area contributed by atoms with Gasteiger partial charge in [-0.05, 0) is 19.9 Å². The van der Waals surface area contributed by atoms with Gasteiger partial charge in [-0.2, -0.15) is 0 Å². The number of nitrogens with zero attached hydrogens (tertiary/aromatic N) is 1. The zero-order valence-corrected chi connectivity index (χ0v) is 8.86. The van der Waals surface area contributed by atoms with Crippen molar-refractivity contribution in [3.05, 3.63) is 27.3 Å². The van der Waals surface area contributed by atoms with Crippen LogP contribution in [0.25, 0.3) is 0 Å². The third-order valence-corrected chi connectivity index (χ3v) is 2.48. The molecule has 2 rings (SSSR count). The summed E-state index contributed by atoms with van der Waals surface area (Å²) in [7, 11) is 0. The molecule has 0 saturated heterocycles. The lowest BCUT2D eigenvalue weighted by Crippen LogP contribution is -2.26. The van der Waals surface area contributed by atoms with Gasteiger partial charge in [0.05, 0.1) is 16.2 Å². The summed E-state index contributed by atoms with van der Waals surface area (Å²) in [6, 6.07) is 1.55. The van der Waals surface area contributed by atoms with Crippen molar-refractivity contribution in [2.24, 2.45) is 0 Å². The molecule has 0 bridgehead atoms. The van der Waals surface area contributed by atoms with E-state index in [9.17, 15) is 14.9 Å². The molecule has 0 saturated carbocycles. The maximum absolute atomic E-state index is 11.1. The van der Waals surface area contributed by atoms with Crippen LogP contribution >= 0.6 is 0 Å². The largest absolute Gasteiger partial charge is 0.481 e. The Morgan fingerprint density at radius 3 is 2.81 bits per heavy atom. The number of carbonyl (C=O) groups is 1. The van der Waals surface area contributed by atoms with Crippen molar-refractivity contribution in [2.45, 2.75) is 13.8 Å². The van der Waals surface area contributed by atoms with Crippen molar-refractivity contribution in [1.29, 1.82) is 0 Å². The van der Waals surface area contributed by atoms with Crippen molar-refractivity contribution in [3.8, 4) is 5.75 Å². The predicted octanol–water partition coefficient (Wildman–Crippen LogP) is 1.54. The molecular formula is C10H10N2O4. The molecule has 0 atom stereocenters. The van der Waals surface area contributed by atoms with Gasteiger partial charge in [-0.3, -0.25) is 14.9 Å². The summed E-state index contributed by atoms with van der Waals surface area (Å²) in [5.74, 6) is 0.136. The van der Waals surface area contributed by atoms with Gasteiger partial charge in [-0.15, -0.1) is 0 Å². The summed E-state index contributed by atoms with van der Waals surface area (Å²) >= 11 is 0. The monoisotopic (exact) mass is 222 g/mol. The van der Waals surface area contributed by atoms with Gasteiger partial charge in [-0.1, -0.05) is 0 Å². The Bertz CT molecular complexity index is 496. The molecular weight excluding hydrogens is 212 g/mol. The number of benzene rings is 1. The van der Waals surface area contributed by atoms with Gasteiger partial charge < -0.3 is 10.1 Å². The fourth-order valence-corrected chi connectivity index (χ4v) is 1.84. The zero-order chi connectivity index (χ0) is 11.9. The van der Waals surface area contributed by atoms with Gasteiger partial charge in [0.1, 0.15) is 0 Å². The normalized spacial score (nSPS) is 13.8. The van der Waals surface area contributed by atoms with Crippen LogP contribution in [0.3, 0.4) is 0 Å². The number of anilines is 1. The van der Waals surface area contributed by atoms with Gasteiger partial charge in [0.2, 0.25) is 0 Å². The van der Waals surface area contributed by atoms with Gasteiger partial charge in [0, 0.05) is 5.56 Å². The number of ether oxygens (including phenoxy) is 1. The number of carbonyl (C=O) groups excluding carboxylic acids is 1. The average Bonchev–Trinajstić information content (AvgIpc) is 2.15. The van der Waals surface area contributed by atoms with Gasteiger partial charge >= 0.3 is 0 Å². The lowest BCUT2D eigenvalue weighted by atomic mass is 10.1. The maximum atomic E-state index is 11.1. The Labute approximate surface area is 91.4 Å². The quantitative estimate of drug-likeness (QED) is 0.577. The number of amides is 1. The van der Waals surface area contributed by atoms with Crippen LogP contribution in [-0.2, 0) is 4.79 Å². The molecule has 0 aliphatic carbocycles. The Morgan fingerprint density at radius 1 is 1.50 bits per heavy atom. The smallest absolute Gasteiger partial charge is 0.279 e. The number of hydrogen-bond acceptors (Lipinski definition) is 4. The van der Waals surface area contributed by atoms with Crippen molar-refractivity contribution in [1.82, 2.24) is 0 Å². The highest BCUT2D eigenvalue weighted by molar-refractivity contribution is 5.96. The van der Waals surface area contributed by atoms with E-state index in [2.05, 4.69) is 5.32 Å². The highest BCUT2D eigenvalue weighted by Gasteiger charge is 2.26. The molecule has 1 heterocycles. The van der Waals surface area contributed by atoms with Crippen LogP contribution in [0.15, 0.2) is 6.07 Å². The lowest BCUT2D eigenvalue weighted by molar-refractivity contribution is -0.386. The summed E-state index contributed by atoms with van der Waals surface area (Å²) in [4.78, 5) is 21.5. The lowest BCUT2D eigenvalue weighted by Gasteiger charge is -2.20. The van der Waals surface area contributed by atoms with Crippen molar-refractivity contribution in [2.75, 3.05) is 11.9 Å². The van der Waals surface area contributed by atoms with Crippen LogP contribution in [0, 0.1) is 24.0 Å². The van der Waals surface area contributed by atoms with E-state index in [0.29, 0.717) is 22.6 Å². The number of nitro groups is 1. The van der Waals surface area contributed by atoms with E-state index in [1.807, 2.05) is 0 Å². The molecule has 0 spiro atoms. The van der Waals surface area contributed by atoms with Gasteiger partial charge in [0.15, 0.2) is 12.4 Å². The first-order valence-corrected chi connectivity index (χ1v) is 4.72. The Kier molecular flexibility index (Phi) is 2.26. The van der Waals surface area contributed by atoms with E-state index in [1.54, 1.807) is 19.9 Å². The minimum absolute atomic E-state index is 0.0369. The van der Waals surface area contributed by atoms with Crippen LogP contribution in [0.1, 0.15) is 11.1 Å². The Hall–Kier alpha value is -2.11. The molecule has 0 aromatic heterocycles. The first-order chi connectivity index (χ1) is 7.50. The maximum Gasteiger partial charge on any atom is 0.279 e. The van der Waals surface area contributed by atoms with E-state index in [0.717, 1.165) is 0 Å². The number of nitro benzene ring substituents is 1. The molecule has 1 N–H and O–H groups in total. The molecule has 6 heteroatoms. The van der Waals surface area contributed by atoms with E-state index in [4.69, 9.17) is 4.74 Å². The summed E-state index contributed by atoms with van der Waals surface area (Å²) in [6.45, 7) is 3.14. The van der Waals surface area contributed by atoms with Gasteiger partial charge in [0.25, 0.3) is 11.6 Å². The second kappa shape index (κ2) is 3.48. The number of hydrogen-bond donors (Lipinski definition) is 1. The fraction of sp³-hybridized carbons (Fsp3) is 0.300. The number of rotatable bonds is 1. The summed E-state index contributed by atoms with van der Waals surface area (Å²) in [5.41, 5.74) is 1.48. The summed E-state index contributed by atoms with van der Waals surface area (Å²) in [6.07, 6.45) is 0. The molecule has 84 valence electrons. The third kappa shape index (κ3) is 1.48. The third-order valence-electron chi connectivity index (χ3n) is 2.48. The van der Waals surface area contributed by atoms with E-state index < -0.39 is 4.92 Å². The minimum Gasteiger partial charge on any atom is -0.481 e. The highest BCUT2D eigenvalue weighted by atomic mass is 16.6. The zero-order valence-electron chi connectivity index (χ0n) is 8.86. The number of fused-ring (bicyclic) bond motifs is 1. The molecule has 1 amide bonds. The number of aryl methyl sites for hydroxylation is 1. The molecule has 1 aromatic rings. The van der Waals surface area contributed by atoms with E-state index >= 15 is 0 Å². The second-order valence-electron chi connectivity index (χ2n) is 3.64. The molecule has 1 aromatic carbocycles. The van der Waals surface area contributed by atoms with Crippen LogP contribution in [-0.4, -0.2) is 17.4 Å². The summed E-state index contributed by atoms with van der Waals surface area (Å²) in [5, 5.41) is 13.5. The Balaban J connectivity index is 2.63. The van der Waals surface area contributed by atoms with Gasteiger partial charge in [-0.25, -0.2) is 0 Å². The predicted molar refractivity (Wildman–Crippen MR) is 56.7 cm³/mol. The fourth-order valence-electron chi connectivity index (χ4n) is 1.84. The molecule has 16 heavy (non-hydrogen) atoms. The molecule has 6 nitrogen and oxygen atoms in total.